The van der Waals surface area contributed by atoms with Crippen LogP contribution in [0.25, 0.3) is 33.0 Å². The Bertz CT molecular complexity index is 1100. The molecule has 0 bridgehead atoms. The summed E-state index contributed by atoms with van der Waals surface area (Å²) in [6, 6.07) is 15.6. The third-order valence-corrected chi connectivity index (χ3v) is 4.35. The van der Waals surface area contributed by atoms with Crippen molar-refractivity contribution in [3.63, 3.8) is 0 Å². The fourth-order valence-corrected chi connectivity index (χ4v) is 3.06. The lowest BCUT2D eigenvalue weighted by molar-refractivity contribution is 1.14. The highest BCUT2D eigenvalue weighted by Gasteiger charge is 2.17. The second-order valence-electron chi connectivity index (χ2n) is 5.75. The highest BCUT2D eigenvalue weighted by molar-refractivity contribution is 6.32. The summed E-state index contributed by atoms with van der Waals surface area (Å²) >= 11 is 6.35. The van der Waals surface area contributed by atoms with Gasteiger partial charge in [-0.2, -0.15) is 0 Å². The summed E-state index contributed by atoms with van der Waals surface area (Å²) in [5.74, 6) is 0. The highest BCUT2D eigenvalue weighted by atomic mass is 35.5. The molecule has 0 amide bonds. The van der Waals surface area contributed by atoms with Gasteiger partial charge in [-0.1, -0.05) is 65.7 Å². The summed E-state index contributed by atoms with van der Waals surface area (Å²) < 4.78 is 1.96. The number of hydrogen-bond donors (Lipinski definition) is 0. The van der Waals surface area contributed by atoms with E-state index in [0.29, 0.717) is 16.5 Å². The smallest absolute Gasteiger partial charge is 0.187 e. The van der Waals surface area contributed by atoms with E-state index in [1.54, 1.807) is 18.3 Å². The van der Waals surface area contributed by atoms with Gasteiger partial charge in [0.25, 0.3) is 0 Å². The largest absolute Gasteiger partial charge is 0.295 e. The molecule has 0 radical (unpaired) electrons. The fraction of sp³-hybridized carbons (Fsp3) is 0.0500. The first-order valence-corrected chi connectivity index (χ1v) is 8.12. The van der Waals surface area contributed by atoms with Crippen LogP contribution < -0.4 is 0 Å². The second-order valence-corrected chi connectivity index (χ2v) is 6.10. The van der Waals surface area contributed by atoms with Crippen LogP contribution in [0.15, 0.2) is 60.9 Å². The summed E-state index contributed by atoms with van der Waals surface area (Å²) in [7, 11) is 0. The van der Waals surface area contributed by atoms with Crippen molar-refractivity contribution in [1.29, 1.82) is 0 Å². The quantitative estimate of drug-likeness (QED) is 0.445. The molecule has 5 heteroatoms. The topological polar surface area (TPSA) is 34.5 Å². The summed E-state index contributed by atoms with van der Waals surface area (Å²) in [6.45, 7) is 9.17. The van der Waals surface area contributed by atoms with Crippen LogP contribution in [-0.4, -0.2) is 14.4 Å². The average Bonchev–Trinajstić information content (AvgIpc) is 3.13. The van der Waals surface area contributed by atoms with Crippen LogP contribution in [0.3, 0.4) is 0 Å². The Hall–Kier alpha value is -3.16. The summed E-state index contributed by atoms with van der Waals surface area (Å²) in [4.78, 5) is 12.4. The number of aromatic nitrogens is 3. The van der Waals surface area contributed by atoms with Gasteiger partial charge >= 0.3 is 0 Å². The van der Waals surface area contributed by atoms with Crippen molar-refractivity contribution in [1.82, 2.24) is 14.4 Å². The van der Waals surface area contributed by atoms with Gasteiger partial charge in [-0.25, -0.2) is 14.8 Å². The van der Waals surface area contributed by atoms with Gasteiger partial charge in [-0.3, -0.25) is 4.40 Å². The van der Waals surface area contributed by atoms with Gasteiger partial charge in [0.05, 0.1) is 18.0 Å². The molecular weight excluding hydrogens is 332 g/mol. The minimum absolute atomic E-state index is 0.352. The Morgan fingerprint density at radius 3 is 2.36 bits per heavy atom. The minimum Gasteiger partial charge on any atom is -0.295 e. The lowest BCUT2D eigenvalue weighted by Crippen LogP contribution is -1.99. The molecule has 0 saturated carbocycles. The standard InChI is InChI=1S/C20H13ClN4/c1-13-3-5-15(6-4-13)18-17(14-7-9-16(22-2)10-8-14)24-19(21)20-23-11-12-25(18)20/h3-12H,1H3. The van der Waals surface area contributed by atoms with Crippen LogP contribution in [0.4, 0.5) is 5.69 Å². The van der Waals surface area contributed by atoms with Crippen molar-refractivity contribution in [3.8, 4) is 22.5 Å². The molecule has 0 saturated heterocycles. The number of aryl methyl sites for hydroxylation is 1. The molecule has 2 heterocycles. The summed E-state index contributed by atoms with van der Waals surface area (Å²) in [5, 5.41) is 0.352. The van der Waals surface area contributed by atoms with E-state index < -0.39 is 0 Å². The summed E-state index contributed by atoms with van der Waals surface area (Å²) in [5.41, 5.74) is 6.02. The maximum absolute atomic E-state index is 7.11. The van der Waals surface area contributed by atoms with Crippen LogP contribution in [0.2, 0.25) is 5.15 Å². The molecule has 2 aromatic heterocycles. The highest BCUT2D eigenvalue weighted by Crippen LogP contribution is 2.34. The molecule has 0 aliphatic carbocycles. The molecule has 2 aromatic carbocycles. The zero-order valence-electron chi connectivity index (χ0n) is 13.4. The zero-order valence-corrected chi connectivity index (χ0v) is 14.2. The van der Waals surface area contributed by atoms with Gasteiger partial charge in [0.15, 0.2) is 16.5 Å². The van der Waals surface area contributed by atoms with Crippen LogP contribution in [-0.2, 0) is 0 Å². The first-order valence-electron chi connectivity index (χ1n) is 7.75. The van der Waals surface area contributed by atoms with Crippen molar-refractivity contribution in [2.45, 2.75) is 6.92 Å². The second kappa shape index (κ2) is 6.04. The number of benzene rings is 2. The molecular formula is C20H13ClN4. The lowest BCUT2D eigenvalue weighted by atomic mass is 10.0. The van der Waals surface area contributed by atoms with Crippen LogP contribution in [0, 0.1) is 13.5 Å². The Morgan fingerprint density at radius 2 is 1.68 bits per heavy atom. The summed E-state index contributed by atoms with van der Waals surface area (Å²) in [6.07, 6.45) is 3.60. The van der Waals surface area contributed by atoms with E-state index >= 15 is 0 Å². The molecule has 0 unspecified atom stereocenters. The Balaban J connectivity index is 2.04. The van der Waals surface area contributed by atoms with Gasteiger partial charge in [0.2, 0.25) is 0 Å². The van der Waals surface area contributed by atoms with Gasteiger partial charge < -0.3 is 0 Å². The predicted molar refractivity (Wildman–Crippen MR) is 99.9 cm³/mol. The number of rotatable bonds is 2. The molecule has 0 aliphatic heterocycles. The fourth-order valence-electron chi connectivity index (χ4n) is 2.83. The Morgan fingerprint density at radius 1 is 1.00 bits per heavy atom. The third-order valence-electron chi connectivity index (χ3n) is 4.10. The number of imidazole rings is 1. The van der Waals surface area contributed by atoms with E-state index in [1.165, 1.54) is 5.56 Å². The first-order chi connectivity index (χ1) is 12.2. The SMILES string of the molecule is [C-]#[N+]c1ccc(-c2nc(Cl)c3nccn3c2-c2ccc(C)cc2)cc1. The molecule has 120 valence electrons. The number of nitrogens with zero attached hydrogens (tertiary/aromatic N) is 4. The van der Waals surface area contributed by atoms with Gasteiger partial charge in [0.1, 0.15) is 0 Å². The van der Waals surface area contributed by atoms with E-state index in [9.17, 15) is 0 Å². The minimum atomic E-state index is 0.352. The predicted octanol–water partition coefficient (Wildman–Crippen LogP) is 5.58. The molecule has 0 fully saturated rings. The van der Waals surface area contributed by atoms with Crippen LogP contribution in [0.5, 0.6) is 0 Å². The van der Waals surface area contributed by atoms with Gasteiger partial charge in [-0.05, 0) is 12.5 Å². The van der Waals surface area contributed by atoms with Gasteiger partial charge in [-0.15, -0.1) is 0 Å². The normalized spacial score (nSPS) is 10.8. The van der Waals surface area contributed by atoms with Crippen LogP contribution in [0.1, 0.15) is 5.56 Å². The van der Waals surface area contributed by atoms with E-state index in [1.807, 2.05) is 22.7 Å². The first kappa shape index (κ1) is 15.4. The maximum atomic E-state index is 7.11. The number of hydrogen-bond acceptors (Lipinski definition) is 2. The molecule has 4 aromatic rings. The lowest BCUT2D eigenvalue weighted by Gasteiger charge is -2.13. The molecule has 0 spiro atoms. The van der Waals surface area contributed by atoms with Crippen molar-refractivity contribution in [2.24, 2.45) is 0 Å². The van der Waals surface area contributed by atoms with Crippen molar-refractivity contribution >= 4 is 22.9 Å². The number of fused-ring (bicyclic) bond motifs is 1. The third kappa shape index (κ3) is 2.65. The Labute approximate surface area is 150 Å². The zero-order chi connectivity index (χ0) is 17.4. The van der Waals surface area contributed by atoms with E-state index in [2.05, 4.69) is 46.0 Å². The van der Waals surface area contributed by atoms with Gasteiger partial charge in [0, 0.05) is 18.0 Å². The Kier molecular flexibility index (Phi) is 3.72. The average molecular weight is 345 g/mol. The molecule has 0 aliphatic rings. The van der Waals surface area contributed by atoms with Crippen molar-refractivity contribution in [2.75, 3.05) is 0 Å². The maximum Gasteiger partial charge on any atom is 0.187 e. The van der Waals surface area contributed by atoms with Crippen LogP contribution >= 0.6 is 11.6 Å². The van der Waals surface area contributed by atoms with E-state index in [0.717, 1.165) is 22.5 Å². The molecule has 0 N–H and O–H groups in total. The van der Waals surface area contributed by atoms with E-state index in [-0.39, 0.29) is 0 Å². The van der Waals surface area contributed by atoms with Crippen molar-refractivity contribution in [3.05, 3.63) is 83.1 Å². The van der Waals surface area contributed by atoms with E-state index in [4.69, 9.17) is 18.2 Å². The molecule has 4 rings (SSSR count). The van der Waals surface area contributed by atoms with Crippen molar-refractivity contribution < 1.29 is 0 Å². The monoisotopic (exact) mass is 344 g/mol. The molecule has 25 heavy (non-hydrogen) atoms. The number of halogens is 1. The molecule has 4 nitrogen and oxygen atoms in total. The molecule has 0 atom stereocenters.